The van der Waals surface area contributed by atoms with Crippen molar-refractivity contribution in [2.24, 2.45) is 5.92 Å². The maximum atomic E-state index is 5.72. The van der Waals surface area contributed by atoms with Crippen LogP contribution in [0.15, 0.2) is 16.7 Å². The van der Waals surface area contributed by atoms with Crippen molar-refractivity contribution in [2.45, 2.75) is 40.8 Å². The summed E-state index contributed by atoms with van der Waals surface area (Å²) in [6.45, 7) is 15.1. The summed E-state index contributed by atoms with van der Waals surface area (Å²) >= 11 is 0. The minimum Gasteiger partial charge on any atom is -0.467 e. The van der Waals surface area contributed by atoms with Crippen molar-refractivity contribution in [3.8, 4) is 0 Å². The monoisotopic (exact) mass is 282 g/mol. The number of nitrogens with one attached hydrogen (secondary N) is 1. The summed E-state index contributed by atoms with van der Waals surface area (Å²) in [4.78, 5) is 2.35. The normalized spacial score (nSPS) is 11.7. The Morgan fingerprint density at radius 3 is 2.70 bits per heavy atom. The molecule has 1 aromatic rings. The van der Waals surface area contributed by atoms with E-state index in [2.05, 4.69) is 37.9 Å². The average Bonchev–Trinajstić information content (AvgIpc) is 2.86. The molecule has 0 unspecified atom stereocenters. The molecule has 0 saturated heterocycles. The number of hydrogen-bond acceptors (Lipinski definition) is 4. The van der Waals surface area contributed by atoms with Crippen LogP contribution in [0.25, 0.3) is 0 Å². The fourth-order valence-electron chi connectivity index (χ4n) is 2.05. The molecule has 0 bridgehead atoms. The van der Waals surface area contributed by atoms with Crippen LogP contribution in [0.1, 0.15) is 39.0 Å². The van der Waals surface area contributed by atoms with Crippen molar-refractivity contribution in [2.75, 3.05) is 32.8 Å². The van der Waals surface area contributed by atoms with Crippen LogP contribution in [-0.4, -0.2) is 37.7 Å². The molecule has 0 spiro atoms. The zero-order valence-electron chi connectivity index (χ0n) is 13.4. The molecule has 0 atom stereocenters. The lowest BCUT2D eigenvalue weighted by atomic mass is 10.2. The van der Waals surface area contributed by atoms with Crippen LogP contribution in [-0.2, 0) is 17.9 Å². The zero-order chi connectivity index (χ0) is 14.8. The highest BCUT2D eigenvalue weighted by Crippen LogP contribution is 2.11. The van der Waals surface area contributed by atoms with Gasteiger partial charge in [-0.05, 0) is 31.6 Å². The van der Waals surface area contributed by atoms with Crippen LogP contribution in [0.4, 0.5) is 0 Å². The third-order valence-electron chi connectivity index (χ3n) is 3.39. The van der Waals surface area contributed by atoms with Crippen molar-refractivity contribution in [1.29, 1.82) is 0 Å². The summed E-state index contributed by atoms with van der Waals surface area (Å²) in [5.41, 5.74) is 1.20. The van der Waals surface area contributed by atoms with Crippen LogP contribution < -0.4 is 5.32 Å². The summed E-state index contributed by atoms with van der Waals surface area (Å²) < 4.78 is 11.2. The molecule has 0 aliphatic carbocycles. The average molecular weight is 282 g/mol. The predicted molar refractivity (Wildman–Crippen MR) is 82.7 cm³/mol. The van der Waals surface area contributed by atoms with Gasteiger partial charge >= 0.3 is 0 Å². The largest absolute Gasteiger partial charge is 0.467 e. The number of likely N-dealkylation sites (N-methyl/N-ethyl adjacent to an activating group) is 1. The molecule has 0 aliphatic heterocycles. The number of hydrogen-bond donors (Lipinski definition) is 1. The van der Waals surface area contributed by atoms with Gasteiger partial charge < -0.3 is 19.4 Å². The first-order valence-corrected chi connectivity index (χ1v) is 7.73. The van der Waals surface area contributed by atoms with E-state index in [0.29, 0.717) is 12.5 Å². The standard InChI is InChI=1S/C16H30N2O2/c1-5-18(6-2)8-10-19-13-16-15(7-9-20-16)12-17-11-14(3)4/h7,9,14,17H,5-6,8,10-13H2,1-4H3. The lowest BCUT2D eigenvalue weighted by Crippen LogP contribution is -2.27. The fraction of sp³-hybridized carbons (Fsp3) is 0.750. The minimum atomic E-state index is 0.562. The van der Waals surface area contributed by atoms with Crippen LogP contribution in [0, 0.1) is 5.92 Å². The van der Waals surface area contributed by atoms with E-state index >= 15 is 0 Å². The fourth-order valence-corrected chi connectivity index (χ4v) is 2.05. The van der Waals surface area contributed by atoms with Gasteiger partial charge in [-0.3, -0.25) is 0 Å². The smallest absolute Gasteiger partial charge is 0.133 e. The molecule has 1 heterocycles. The molecule has 116 valence electrons. The van der Waals surface area contributed by atoms with E-state index in [0.717, 1.165) is 45.1 Å². The van der Waals surface area contributed by atoms with Crippen LogP contribution >= 0.6 is 0 Å². The van der Waals surface area contributed by atoms with Crippen LogP contribution in [0.3, 0.4) is 0 Å². The zero-order valence-corrected chi connectivity index (χ0v) is 13.4. The SMILES string of the molecule is CCN(CC)CCOCc1occc1CNCC(C)C. The summed E-state index contributed by atoms with van der Waals surface area (Å²) in [6, 6.07) is 2.02. The summed E-state index contributed by atoms with van der Waals surface area (Å²) in [5, 5.41) is 3.43. The van der Waals surface area contributed by atoms with E-state index in [-0.39, 0.29) is 0 Å². The van der Waals surface area contributed by atoms with Gasteiger partial charge in [-0.2, -0.15) is 0 Å². The first-order chi connectivity index (χ1) is 9.67. The molecule has 4 heteroatoms. The Kier molecular flexibility index (Phi) is 8.58. The Morgan fingerprint density at radius 2 is 2.05 bits per heavy atom. The minimum absolute atomic E-state index is 0.562. The Balaban J connectivity index is 2.25. The van der Waals surface area contributed by atoms with Gasteiger partial charge in [0.15, 0.2) is 0 Å². The molecule has 20 heavy (non-hydrogen) atoms. The van der Waals surface area contributed by atoms with Crippen LogP contribution in [0.5, 0.6) is 0 Å². The van der Waals surface area contributed by atoms with Gasteiger partial charge in [-0.25, -0.2) is 0 Å². The quantitative estimate of drug-likeness (QED) is 0.633. The summed E-state index contributed by atoms with van der Waals surface area (Å²) in [7, 11) is 0. The third-order valence-corrected chi connectivity index (χ3v) is 3.39. The van der Waals surface area contributed by atoms with Gasteiger partial charge in [-0.15, -0.1) is 0 Å². The van der Waals surface area contributed by atoms with Gasteiger partial charge in [0.25, 0.3) is 0 Å². The second kappa shape index (κ2) is 9.97. The third kappa shape index (κ3) is 6.55. The second-order valence-electron chi connectivity index (χ2n) is 5.47. The Bertz CT molecular complexity index is 346. The second-order valence-corrected chi connectivity index (χ2v) is 5.47. The molecule has 0 aliphatic rings. The van der Waals surface area contributed by atoms with E-state index in [1.54, 1.807) is 6.26 Å². The lowest BCUT2D eigenvalue weighted by Gasteiger charge is -2.17. The predicted octanol–water partition coefficient (Wildman–Crippen LogP) is 2.88. The van der Waals surface area contributed by atoms with Crippen molar-refractivity contribution < 1.29 is 9.15 Å². The molecule has 0 fully saturated rings. The van der Waals surface area contributed by atoms with E-state index in [4.69, 9.17) is 9.15 Å². The van der Waals surface area contributed by atoms with E-state index in [1.807, 2.05) is 6.07 Å². The van der Waals surface area contributed by atoms with E-state index in [1.165, 1.54) is 5.56 Å². The van der Waals surface area contributed by atoms with Crippen LogP contribution in [0.2, 0.25) is 0 Å². The first kappa shape index (κ1) is 17.2. The van der Waals surface area contributed by atoms with Crippen molar-refractivity contribution >= 4 is 0 Å². The van der Waals surface area contributed by atoms with Crippen molar-refractivity contribution in [3.05, 3.63) is 23.7 Å². The van der Waals surface area contributed by atoms with Gasteiger partial charge in [0.05, 0.1) is 12.9 Å². The molecule has 0 amide bonds. The molecule has 1 aromatic heterocycles. The number of nitrogens with zero attached hydrogens (tertiary/aromatic N) is 1. The van der Waals surface area contributed by atoms with Gasteiger partial charge in [0.1, 0.15) is 12.4 Å². The highest BCUT2D eigenvalue weighted by molar-refractivity contribution is 5.16. The molecule has 1 rings (SSSR count). The molecule has 1 N–H and O–H groups in total. The maximum absolute atomic E-state index is 5.72. The molecular formula is C16H30N2O2. The first-order valence-electron chi connectivity index (χ1n) is 7.73. The highest BCUT2D eigenvalue weighted by atomic mass is 16.5. The topological polar surface area (TPSA) is 37.6 Å². The van der Waals surface area contributed by atoms with Gasteiger partial charge in [0.2, 0.25) is 0 Å². The molecule has 0 aromatic carbocycles. The molecular weight excluding hydrogens is 252 g/mol. The van der Waals surface area contributed by atoms with E-state index < -0.39 is 0 Å². The Hall–Kier alpha value is -0.840. The maximum Gasteiger partial charge on any atom is 0.133 e. The molecule has 0 saturated carbocycles. The molecule has 4 nitrogen and oxygen atoms in total. The Morgan fingerprint density at radius 1 is 1.30 bits per heavy atom. The summed E-state index contributed by atoms with van der Waals surface area (Å²) in [6.07, 6.45) is 1.75. The van der Waals surface area contributed by atoms with Gasteiger partial charge in [-0.1, -0.05) is 27.7 Å². The lowest BCUT2D eigenvalue weighted by molar-refractivity contribution is 0.0837. The van der Waals surface area contributed by atoms with Crippen molar-refractivity contribution in [3.63, 3.8) is 0 Å². The van der Waals surface area contributed by atoms with E-state index in [9.17, 15) is 0 Å². The van der Waals surface area contributed by atoms with Gasteiger partial charge in [0, 0.05) is 18.7 Å². The number of rotatable bonds is 11. The highest BCUT2D eigenvalue weighted by Gasteiger charge is 2.07. The number of ether oxygens (including phenoxy) is 1. The summed E-state index contributed by atoms with van der Waals surface area (Å²) in [5.74, 6) is 1.61. The molecule has 0 radical (unpaired) electrons. The van der Waals surface area contributed by atoms with Crippen molar-refractivity contribution in [1.82, 2.24) is 10.2 Å². The Labute approximate surface area is 123 Å². The number of furan rings is 1.